The van der Waals surface area contributed by atoms with Crippen LogP contribution in [0.15, 0.2) is 0 Å². The molecule has 0 radical (unpaired) electrons. The van der Waals surface area contributed by atoms with Crippen molar-refractivity contribution >= 4 is 22.0 Å². The summed E-state index contributed by atoms with van der Waals surface area (Å²) in [5.74, 6) is -0.674. The Hall–Kier alpha value is -1.31. The molecule has 0 aromatic carbocycles. The van der Waals surface area contributed by atoms with Crippen LogP contribution in [0.2, 0.25) is 0 Å². The van der Waals surface area contributed by atoms with E-state index in [4.69, 9.17) is 4.74 Å². The highest BCUT2D eigenvalue weighted by Crippen LogP contribution is 2.09. The van der Waals surface area contributed by atoms with Gasteiger partial charge in [-0.05, 0) is 33.1 Å². The number of carbonyl (C=O) groups is 2. The second-order valence-corrected chi connectivity index (χ2v) is 7.82. The largest absolute Gasteiger partial charge is 0.444 e. The SMILES string of the molecule is CC(C)C[C@H](NC(=O)OC(C)(C)C)C(=O)NS(C)(=O)=O. The van der Waals surface area contributed by atoms with E-state index in [1.165, 1.54) is 0 Å². The number of hydrogen-bond acceptors (Lipinski definition) is 5. The van der Waals surface area contributed by atoms with E-state index in [0.717, 1.165) is 6.26 Å². The van der Waals surface area contributed by atoms with E-state index < -0.39 is 33.7 Å². The average molecular weight is 308 g/mol. The number of nitrogens with one attached hydrogen (secondary N) is 2. The molecule has 0 saturated heterocycles. The number of sulfonamides is 1. The third-order valence-corrected chi connectivity index (χ3v) is 2.57. The van der Waals surface area contributed by atoms with Crippen LogP contribution in [0.3, 0.4) is 0 Å². The lowest BCUT2D eigenvalue weighted by atomic mass is 10.0. The van der Waals surface area contributed by atoms with E-state index in [0.29, 0.717) is 6.42 Å². The zero-order valence-electron chi connectivity index (χ0n) is 12.8. The molecule has 2 N–H and O–H groups in total. The highest BCUT2D eigenvalue weighted by molar-refractivity contribution is 7.89. The first-order chi connectivity index (χ1) is 8.80. The molecule has 1 atom stereocenters. The molecule has 0 fully saturated rings. The van der Waals surface area contributed by atoms with Crippen LogP contribution in [0.4, 0.5) is 4.79 Å². The molecule has 0 aliphatic rings. The fourth-order valence-corrected chi connectivity index (χ4v) is 1.91. The zero-order chi connectivity index (χ0) is 16.1. The summed E-state index contributed by atoms with van der Waals surface area (Å²) in [7, 11) is -3.67. The molecule has 0 unspecified atom stereocenters. The summed E-state index contributed by atoms with van der Waals surface area (Å²) in [4.78, 5) is 23.5. The van der Waals surface area contributed by atoms with Crippen LogP contribution in [0.1, 0.15) is 41.0 Å². The van der Waals surface area contributed by atoms with E-state index in [1.807, 2.05) is 18.6 Å². The molecule has 0 aliphatic heterocycles. The van der Waals surface area contributed by atoms with E-state index in [2.05, 4.69) is 5.32 Å². The third-order valence-electron chi connectivity index (χ3n) is 2.00. The summed E-state index contributed by atoms with van der Waals surface area (Å²) in [5.41, 5.74) is -0.695. The Morgan fingerprint density at radius 3 is 2.05 bits per heavy atom. The Labute approximate surface area is 120 Å². The molecule has 0 bridgehead atoms. The van der Waals surface area contributed by atoms with Crippen LogP contribution >= 0.6 is 0 Å². The second kappa shape index (κ2) is 6.92. The molecule has 7 nitrogen and oxygen atoms in total. The summed E-state index contributed by atoms with van der Waals surface area (Å²) in [5, 5.41) is 2.39. The van der Waals surface area contributed by atoms with Crippen molar-refractivity contribution in [1.29, 1.82) is 0 Å². The topological polar surface area (TPSA) is 102 Å². The lowest BCUT2D eigenvalue weighted by Crippen LogP contribution is -2.49. The predicted molar refractivity (Wildman–Crippen MR) is 75.6 cm³/mol. The normalized spacial score (nSPS) is 13.8. The highest BCUT2D eigenvalue weighted by atomic mass is 32.2. The van der Waals surface area contributed by atoms with Gasteiger partial charge in [-0.2, -0.15) is 0 Å². The number of rotatable bonds is 5. The molecule has 0 aromatic heterocycles. The molecule has 118 valence electrons. The van der Waals surface area contributed by atoms with Crippen LogP contribution < -0.4 is 10.0 Å². The number of amides is 2. The second-order valence-electron chi connectivity index (χ2n) is 6.07. The van der Waals surface area contributed by atoms with Gasteiger partial charge < -0.3 is 10.1 Å². The first kappa shape index (κ1) is 18.7. The number of carbonyl (C=O) groups excluding carboxylic acids is 2. The van der Waals surface area contributed by atoms with Crippen molar-refractivity contribution in [3.8, 4) is 0 Å². The van der Waals surface area contributed by atoms with Gasteiger partial charge in [-0.25, -0.2) is 13.2 Å². The van der Waals surface area contributed by atoms with Crippen LogP contribution in [0.25, 0.3) is 0 Å². The molecule has 0 spiro atoms. The Kier molecular flexibility index (Phi) is 6.46. The summed E-state index contributed by atoms with van der Waals surface area (Å²) in [6, 6.07) is -0.959. The molecule has 2 amide bonds. The number of hydrogen-bond donors (Lipinski definition) is 2. The summed E-state index contributed by atoms with van der Waals surface area (Å²) in [6.45, 7) is 8.80. The summed E-state index contributed by atoms with van der Waals surface area (Å²) >= 11 is 0. The Bertz CT molecular complexity index is 451. The monoisotopic (exact) mass is 308 g/mol. The standard InChI is InChI=1S/C12H24N2O5S/c1-8(2)7-9(10(15)14-20(6,17)18)13-11(16)19-12(3,4)5/h8-9H,7H2,1-6H3,(H,13,16)(H,14,15)/t9-/m0/s1. The third kappa shape index (κ3) is 9.60. The number of ether oxygens (including phenoxy) is 1. The van der Waals surface area contributed by atoms with E-state index >= 15 is 0 Å². The van der Waals surface area contributed by atoms with Crippen molar-refractivity contribution in [1.82, 2.24) is 10.0 Å². The Balaban J connectivity index is 4.81. The van der Waals surface area contributed by atoms with Crippen molar-refractivity contribution in [2.75, 3.05) is 6.26 Å². The maximum absolute atomic E-state index is 11.8. The first-order valence-electron chi connectivity index (χ1n) is 6.31. The number of alkyl carbamates (subject to hydrolysis) is 1. The van der Waals surface area contributed by atoms with Gasteiger partial charge in [0, 0.05) is 0 Å². The minimum absolute atomic E-state index is 0.0975. The smallest absolute Gasteiger partial charge is 0.408 e. The highest BCUT2D eigenvalue weighted by Gasteiger charge is 2.26. The zero-order valence-corrected chi connectivity index (χ0v) is 13.6. The Morgan fingerprint density at radius 1 is 1.20 bits per heavy atom. The van der Waals surface area contributed by atoms with E-state index in [1.54, 1.807) is 20.8 Å². The lowest BCUT2D eigenvalue weighted by Gasteiger charge is -2.23. The molecule has 8 heteroatoms. The molecular weight excluding hydrogens is 284 g/mol. The van der Waals surface area contributed by atoms with Crippen LogP contribution in [-0.4, -0.2) is 38.3 Å². The van der Waals surface area contributed by atoms with Gasteiger partial charge in [-0.3, -0.25) is 9.52 Å². The fraction of sp³-hybridized carbons (Fsp3) is 0.833. The minimum Gasteiger partial charge on any atom is -0.444 e. The predicted octanol–water partition coefficient (Wildman–Crippen LogP) is 1.00. The van der Waals surface area contributed by atoms with Gasteiger partial charge in [0.05, 0.1) is 6.26 Å². The van der Waals surface area contributed by atoms with E-state index in [9.17, 15) is 18.0 Å². The maximum Gasteiger partial charge on any atom is 0.408 e. The average Bonchev–Trinajstić information content (AvgIpc) is 2.09. The Morgan fingerprint density at radius 2 is 1.70 bits per heavy atom. The summed E-state index contributed by atoms with van der Waals surface area (Å²) in [6.07, 6.45) is 0.428. The van der Waals surface area contributed by atoms with Crippen LogP contribution in [-0.2, 0) is 19.6 Å². The first-order valence-corrected chi connectivity index (χ1v) is 8.20. The van der Waals surface area contributed by atoms with Gasteiger partial charge in [0.1, 0.15) is 11.6 Å². The van der Waals surface area contributed by atoms with Gasteiger partial charge >= 0.3 is 6.09 Å². The van der Waals surface area contributed by atoms with Crippen molar-refractivity contribution in [2.45, 2.75) is 52.7 Å². The van der Waals surface area contributed by atoms with Crippen molar-refractivity contribution in [3.63, 3.8) is 0 Å². The molecule has 0 aromatic rings. The molecular formula is C12H24N2O5S. The van der Waals surface area contributed by atoms with Gasteiger partial charge in [0.25, 0.3) is 5.91 Å². The minimum atomic E-state index is -3.67. The van der Waals surface area contributed by atoms with Crippen molar-refractivity contribution < 1.29 is 22.7 Å². The van der Waals surface area contributed by atoms with Crippen LogP contribution in [0, 0.1) is 5.92 Å². The van der Waals surface area contributed by atoms with Gasteiger partial charge in [0.2, 0.25) is 10.0 Å². The van der Waals surface area contributed by atoms with Crippen LogP contribution in [0.5, 0.6) is 0 Å². The fourth-order valence-electron chi connectivity index (χ4n) is 1.41. The molecule has 0 aliphatic carbocycles. The molecule has 0 rings (SSSR count). The summed E-state index contributed by atoms with van der Waals surface area (Å²) < 4.78 is 29.0. The van der Waals surface area contributed by atoms with E-state index in [-0.39, 0.29) is 5.92 Å². The molecule has 0 saturated carbocycles. The lowest BCUT2D eigenvalue weighted by molar-refractivity contribution is -0.121. The van der Waals surface area contributed by atoms with Gasteiger partial charge in [-0.15, -0.1) is 0 Å². The quantitative estimate of drug-likeness (QED) is 0.789. The van der Waals surface area contributed by atoms with Gasteiger partial charge in [0.15, 0.2) is 0 Å². The maximum atomic E-state index is 11.8. The molecule has 0 heterocycles. The molecule has 20 heavy (non-hydrogen) atoms. The van der Waals surface area contributed by atoms with Gasteiger partial charge in [-0.1, -0.05) is 13.8 Å². The van der Waals surface area contributed by atoms with Crippen molar-refractivity contribution in [3.05, 3.63) is 0 Å². The van der Waals surface area contributed by atoms with Crippen molar-refractivity contribution in [2.24, 2.45) is 5.92 Å².